The lowest BCUT2D eigenvalue weighted by Crippen LogP contribution is -2.38. The zero-order valence-electron chi connectivity index (χ0n) is 13.7. The molecule has 6 nitrogen and oxygen atoms in total. The quantitative estimate of drug-likeness (QED) is 0.856. The minimum absolute atomic E-state index is 0.0812. The predicted molar refractivity (Wildman–Crippen MR) is 87.8 cm³/mol. The van der Waals surface area contributed by atoms with Gasteiger partial charge in [-0.3, -0.25) is 9.78 Å². The van der Waals surface area contributed by atoms with E-state index in [1.165, 1.54) is 0 Å². The van der Waals surface area contributed by atoms with Crippen molar-refractivity contribution in [2.45, 2.75) is 0 Å². The average molecular weight is 327 g/mol. The lowest BCUT2D eigenvalue weighted by Gasteiger charge is -2.27. The Morgan fingerprint density at radius 3 is 3.12 bits per heavy atom. The first-order valence-corrected chi connectivity index (χ1v) is 8.19. The lowest BCUT2D eigenvalue weighted by atomic mass is 9.82. The van der Waals surface area contributed by atoms with Crippen molar-refractivity contribution >= 4 is 5.91 Å². The number of likely N-dealkylation sites (tertiary alicyclic amines) is 1. The number of nitrogens with zero attached hydrogens (tertiary/aromatic N) is 3. The summed E-state index contributed by atoms with van der Waals surface area (Å²) in [6.45, 7) is 3.25. The molecule has 0 saturated carbocycles. The Morgan fingerprint density at radius 1 is 1.46 bits per heavy atom. The normalized spacial score (nSPS) is 25.7. The number of pyridine rings is 1. The van der Waals surface area contributed by atoms with Crippen molar-refractivity contribution in [2.75, 3.05) is 32.9 Å². The molecule has 126 valence electrons. The first-order chi connectivity index (χ1) is 11.7. The number of carbonyl (C=O) groups is 1. The van der Waals surface area contributed by atoms with Gasteiger partial charge in [-0.05, 0) is 24.3 Å². The fourth-order valence-corrected chi connectivity index (χ4v) is 3.70. The van der Waals surface area contributed by atoms with Crippen molar-refractivity contribution in [1.82, 2.24) is 14.5 Å². The van der Waals surface area contributed by atoms with Gasteiger partial charge in [-0.1, -0.05) is 0 Å². The van der Waals surface area contributed by atoms with E-state index in [0.717, 1.165) is 18.0 Å². The minimum atomic E-state index is -0.128. The van der Waals surface area contributed by atoms with Gasteiger partial charge in [-0.25, -0.2) is 0 Å². The molecule has 4 heterocycles. The molecule has 2 fully saturated rings. The van der Waals surface area contributed by atoms with Gasteiger partial charge in [0, 0.05) is 38.4 Å². The highest BCUT2D eigenvalue weighted by atomic mass is 16.5. The third-order valence-corrected chi connectivity index (χ3v) is 5.13. The minimum Gasteiger partial charge on any atom is -0.491 e. The standard InChI is InChI=1S/C18H21N3O3/c1-20-7-3-5-16(20)17(22)21-9-14-10-23-12-18(14,11-21)13-24-15-4-2-6-19-8-15/h2-8,14H,9-13H2,1H3/t14-,18+/m1/s1. The van der Waals surface area contributed by atoms with Crippen molar-refractivity contribution in [3.63, 3.8) is 0 Å². The second-order valence-corrected chi connectivity index (χ2v) is 6.74. The van der Waals surface area contributed by atoms with Gasteiger partial charge in [-0.2, -0.15) is 0 Å². The van der Waals surface area contributed by atoms with Gasteiger partial charge in [0.2, 0.25) is 0 Å². The van der Waals surface area contributed by atoms with Crippen LogP contribution in [-0.4, -0.2) is 53.3 Å². The van der Waals surface area contributed by atoms with Crippen LogP contribution in [0.4, 0.5) is 0 Å². The van der Waals surface area contributed by atoms with Gasteiger partial charge in [0.25, 0.3) is 5.91 Å². The molecule has 0 bridgehead atoms. The molecule has 0 radical (unpaired) electrons. The van der Waals surface area contributed by atoms with E-state index in [1.807, 2.05) is 47.0 Å². The largest absolute Gasteiger partial charge is 0.491 e. The summed E-state index contributed by atoms with van der Waals surface area (Å²) >= 11 is 0. The number of fused-ring (bicyclic) bond motifs is 1. The van der Waals surface area contributed by atoms with Crippen molar-refractivity contribution in [2.24, 2.45) is 18.4 Å². The smallest absolute Gasteiger partial charge is 0.270 e. The summed E-state index contributed by atoms with van der Waals surface area (Å²) in [5, 5.41) is 0. The fraction of sp³-hybridized carbons (Fsp3) is 0.444. The second-order valence-electron chi connectivity index (χ2n) is 6.74. The Morgan fingerprint density at radius 2 is 2.38 bits per heavy atom. The number of carbonyl (C=O) groups excluding carboxylic acids is 1. The molecule has 24 heavy (non-hydrogen) atoms. The molecule has 2 atom stereocenters. The van der Waals surface area contributed by atoms with Crippen LogP contribution in [0.3, 0.4) is 0 Å². The highest BCUT2D eigenvalue weighted by Crippen LogP contribution is 2.42. The van der Waals surface area contributed by atoms with E-state index >= 15 is 0 Å². The maximum atomic E-state index is 12.8. The van der Waals surface area contributed by atoms with Crippen molar-refractivity contribution < 1.29 is 14.3 Å². The Bertz CT molecular complexity index is 730. The topological polar surface area (TPSA) is 56.6 Å². The van der Waals surface area contributed by atoms with Gasteiger partial charge >= 0.3 is 0 Å². The van der Waals surface area contributed by atoms with Crippen LogP contribution in [0.25, 0.3) is 0 Å². The van der Waals surface area contributed by atoms with Gasteiger partial charge in [0.1, 0.15) is 11.4 Å². The number of amides is 1. The van der Waals surface area contributed by atoms with Gasteiger partial charge in [-0.15, -0.1) is 0 Å². The van der Waals surface area contributed by atoms with Crippen LogP contribution in [0.15, 0.2) is 42.9 Å². The number of rotatable bonds is 4. The number of aromatic nitrogens is 2. The van der Waals surface area contributed by atoms with Crippen LogP contribution in [-0.2, 0) is 11.8 Å². The molecule has 2 aliphatic rings. The average Bonchev–Trinajstić information content (AvgIpc) is 3.27. The van der Waals surface area contributed by atoms with Crippen LogP contribution < -0.4 is 4.74 Å². The van der Waals surface area contributed by atoms with E-state index in [4.69, 9.17) is 9.47 Å². The van der Waals surface area contributed by atoms with E-state index < -0.39 is 0 Å². The highest BCUT2D eigenvalue weighted by Gasteiger charge is 2.52. The Hall–Kier alpha value is -2.34. The van der Waals surface area contributed by atoms with Crippen LogP contribution in [0.5, 0.6) is 5.75 Å². The maximum Gasteiger partial charge on any atom is 0.270 e. The van der Waals surface area contributed by atoms with E-state index in [1.54, 1.807) is 12.4 Å². The van der Waals surface area contributed by atoms with Crippen molar-refractivity contribution in [1.29, 1.82) is 0 Å². The summed E-state index contributed by atoms with van der Waals surface area (Å²) < 4.78 is 13.5. The lowest BCUT2D eigenvalue weighted by molar-refractivity contribution is 0.0652. The third-order valence-electron chi connectivity index (χ3n) is 5.13. The Balaban J connectivity index is 1.49. The molecular formula is C18H21N3O3. The van der Waals surface area contributed by atoms with Crippen LogP contribution in [0.1, 0.15) is 10.5 Å². The fourth-order valence-electron chi connectivity index (χ4n) is 3.70. The van der Waals surface area contributed by atoms with E-state index in [2.05, 4.69) is 4.98 Å². The Kier molecular flexibility index (Phi) is 3.76. The molecule has 0 unspecified atom stereocenters. The molecule has 1 amide bonds. The number of aryl methyl sites for hydroxylation is 1. The molecule has 4 rings (SSSR count). The van der Waals surface area contributed by atoms with E-state index in [0.29, 0.717) is 32.3 Å². The number of ether oxygens (including phenoxy) is 2. The van der Waals surface area contributed by atoms with Crippen LogP contribution >= 0.6 is 0 Å². The summed E-state index contributed by atoms with van der Waals surface area (Å²) in [6.07, 6.45) is 5.33. The molecule has 0 aliphatic carbocycles. The third kappa shape index (κ3) is 2.57. The summed E-state index contributed by atoms with van der Waals surface area (Å²) in [5.41, 5.74) is 0.593. The van der Waals surface area contributed by atoms with E-state index in [9.17, 15) is 4.79 Å². The molecule has 0 spiro atoms. The summed E-state index contributed by atoms with van der Waals surface area (Å²) in [4.78, 5) is 18.8. The molecule has 0 N–H and O–H groups in total. The van der Waals surface area contributed by atoms with E-state index in [-0.39, 0.29) is 11.3 Å². The molecule has 2 saturated heterocycles. The SMILES string of the molecule is Cn1cccc1C(=O)N1C[C@@H]2COC[C@]2(COc2cccnc2)C1. The molecule has 6 heteroatoms. The first-order valence-electron chi connectivity index (χ1n) is 8.19. The number of hydrogen-bond acceptors (Lipinski definition) is 4. The van der Waals surface area contributed by atoms with Crippen molar-refractivity contribution in [3.05, 3.63) is 48.5 Å². The summed E-state index contributed by atoms with van der Waals surface area (Å²) in [6, 6.07) is 7.52. The Labute approximate surface area is 141 Å². The number of hydrogen-bond donors (Lipinski definition) is 0. The van der Waals surface area contributed by atoms with Crippen LogP contribution in [0.2, 0.25) is 0 Å². The molecule has 2 aliphatic heterocycles. The van der Waals surface area contributed by atoms with Crippen molar-refractivity contribution in [3.8, 4) is 5.75 Å². The molecule has 2 aromatic rings. The zero-order valence-corrected chi connectivity index (χ0v) is 13.7. The maximum absolute atomic E-state index is 12.8. The molecule has 0 aromatic carbocycles. The summed E-state index contributed by atoms with van der Waals surface area (Å²) in [5.74, 6) is 1.15. The highest BCUT2D eigenvalue weighted by molar-refractivity contribution is 5.93. The summed E-state index contributed by atoms with van der Waals surface area (Å²) in [7, 11) is 1.90. The van der Waals surface area contributed by atoms with Gasteiger partial charge < -0.3 is 18.9 Å². The molecule has 2 aromatic heterocycles. The first kappa shape index (κ1) is 15.2. The monoisotopic (exact) mass is 327 g/mol. The predicted octanol–water partition coefficient (Wildman–Crippen LogP) is 1.59. The zero-order chi connectivity index (χ0) is 16.6. The second kappa shape index (κ2) is 5.94. The van der Waals surface area contributed by atoms with Crippen LogP contribution in [0, 0.1) is 11.3 Å². The van der Waals surface area contributed by atoms with Gasteiger partial charge in [0.05, 0.1) is 31.4 Å². The van der Waals surface area contributed by atoms with Gasteiger partial charge in [0.15, 0.2) is 0 Å². The molecular weight excluding hydrogens is 306 g/mol.